The van der Waals surface area contributed by atoms with Gasteiger partial charge in [-0.05, 0) is 55.0 Å². The highest BCUT2D eigenvalue weighted by Gasteiger charge is 2.36. The molecule has 0 saturated carbocycles. The highest BCUT2D eigenvalue weighted by Crippen LogP contribution is 2.37. The lowest BCUT2D eigenvalue weighted by Gasteiger charge is -2.33. The van der Waals surface area contributed by atoms with Gasteiger partial charge in [-0.25, -0.2) is 4.79 Å². The van der Waals surface area contributed by atoms with E-state index in [2.05, 4.69) is 29.4 Å². The fraction of sp³-hybridized carbons (Fsp3) is 0.375. The summed E-state index contributed by atoms with van der Waals surface area (Å²) in [6.45, 7) is 4.64. The van der Waals surface area contributed by atoms with Crippen LogP contribution in [0.3, 0.4) is 0 Å². The summed E-state index contributed by atoms with van der Waals surface area (Å²) in [5.41, 5.74) is 3.59. The van der Waals surface area contributed by atoms with Crippen molar-refractivity contribution in [2.24, 2.45) is 0 Å². The van der Waals surface area contributed by atoms with Crippen LogP contribution in [0.4, 0.5) is 17.1 Å². The Morgan fingerprint density at radius 1 is 1.26 bits per heavy atom. The van der Waals surface area contributed by atoms with Gasteiger partial charge in [-0.3, -0.25) is 9.59 Å². The molecule has 7 heteroatoms. The molecule has 2 aromatic carbocycles. The Bertz CT molecular complexity index is 1020. The maximum absolute atomic E-state index is 12.5. The van der Waals surface area contributed by atoms with Crippen molar-refractivity contribution >= 4 is 34.8 Å². The van der Waals surface area contributed by atoms with Gasteiger partial charge in [0.15, 0.2) is 6.61 Å². The SMILES string of the molecule is CC[C@H](C)c1ccccc1NC(=O)COC(=O)c1ccc2c(c1)NC(=O)[C@H]1CCCN21. The Balaban J connectivity index is 1.39. The van der Waals surface area contributed by atoms with Crippen molar-refractivity contribution in [2.75, 3.05) is 28.7 Å². The molecule has 2 amide bonds. The van der Waals surface area contributed by atoms with Crippen molar-refractivity contribution in [3.8, 4) is 0 Å². The van der Waals surface area contributed by atoms with E-state index in [4.69, 9.17) is 4.74 Å². The third kappa shape index (κ3) is 4.26. The fourth-order valence-electron chi connectivity index (χ4n) is 4.22. The Hall–Kier alpha value is -3.35. The van der Waals surface area contributed by atoms with Crippen LogP contribution >= 0.6 is 0 Å². The minimum Gasteiger partial charge on any atom is -0.452 e. The van der Waals surface area contributed by atoms with Crippen molar-refractivity contribution < 1.29 is 19.1 Å². The van der Waals surface area contributed by atoms with E-state index in [0.29, 0.717) is 17.2 Å². The summed E-state index contributed by atoms with van der Waals surface area (Å²) in [5.74, 6) is -0.740. The van der Waals surface area contributed by atoms with Gasteiger partial charge in [-0.15, -0.1) is 0 Å². The van der Waals surface area contributed by atoms with E-state index in [-0.39, 0.29) is 18.6 Å². The zero-order valence-corrected chi connectivity index (χ0v) is 17.8. The predicted octanol–water partition coefficient (Wildman–Crippen LogP) is 3.92. The van der Waals surface area contributed by atoms with Crippen molar-refractivity contribution in [1.82, 2.24) is 0 Å². The van der Waals surface area contributed by atoms with Crippen LogP contribution < -0.4 is 15.5 Å². The number of esters is 1. The molecular formula is C24H27N3O4. The molecule has 0 spiro atoms. The lowest BCUT2D eigenvalue weighted by Crippen LogP contribution is -2.43. The van der Waals surface area contributed by atoms with Crippen LogP contribution in [0.15, 0.2) is 42.5 Å². The molecule has 7 nitrogen and oxygen atoms in total. The zero-order chi connectivity index (χ0) is 22.0. The average molecular weight is 421 g/mol. The first-order valence-corrected chi connectivity index (χ1v) is 10.8. The van der Waals surface area contributed by atoms with Crippen molar-refractivity contribution in [2.45, 2.75) is 45.1 Å². The molecule has 2 N–H and O–H groups in total. The second-order valence-corrected chi connectivity index (χ2v) is 8.09. The normalized spacial score (nSPS) is 17.9. The monoisotopic (exact) mass is 421 g/mol. The number of nitrogens with zero attached hydrogens (tertiary/aromatic N) is 1. The van der Waals surface area contributed by atoms with Crippen LogP contribution in [0.1, 0.15) is 54.9 Å². The van der Waals surface area contributed by atoms with E-state index < -0.39 is 11.9 Å². The number of hydrogen-bond donors (Lipinski definition) is 2. The molecule has 0 unspecified atom stereocenters. The van der Waals surface area contributed by atoms with Gasteiger partial charge in [0.25, 0.3) is 5.91 Å². The average Bonchev–Trinajstić information content (AvgIpc) is 3.28. The summed E-state index contributed by atoms with van der Waals surface area (Å²) in [5, 5.41) is 5.71. The molecule has 0 aromatic heterocycles. The number of ether oxygens (including phenoxy) is 1. The molecule has 162 valence electrons. The van der Waals surface area contributed by atoms with E-state index in [1.54, 1.807) is 12.1 Å². The van der Waals surface area contributed by atoms with E-state index in [0.717, 1.165) is 42.7 Å². The second-order valence-electron chi connectivity index (χ2n) is 8.09. The van der Waals surface area contributed by atoms with Gasteiger partial charge in [-0.1, -0.05) is 32.0 Å². The van der Waals surface area contributed by atoms with Crippen molar-refractivity contribution in [1.29, 1.82) is 0 Å². The number of para-hydroxylation sites is 1. The molecular weight excluding hydrogens is 394 g/mol. The van der Waals surface area contributed by atoms with Gasteiger partial charge in [0, 0.05) is 12.2 Å². The number of hydrogen-bond acceptors (Lipinski definition) is 5. The minimum atomic E-state index is -0.606. The number of rotatable bonds is 6. The summed E-state index contributed by atoms with van der Waals surface area (Å²) < 4.78 is 5.22. The molecule has 31 heavy (non-hydrogen) atoms. The number of fused-ring (bicyclic) bond motifs is 3. The first-order chi connectivity index (χ1) is 15.0. The molecule has 2 aliphatic heterocycles. The maximum Gasteiger partial charge on any atom is 0.338 e. The number of nitrogens with one attached hydrogen (secondary N) is 2. The highest BCUT2D eigenvalue weighted by molar-refractivity contribution is 6.05. The lowest BCUT2D eigenvalue weighted by molar-refractivity contribution is -0.119. The van der Waals surface area contributed by atoms with Gasteiger partial charge < -0.3 is 20.3 Å². The number of carbonyl (C=O) groups is 3. The highest BCUT2D eigenvalue weighted by atomic mass is 16.5. The van der Waals surface area contributed by atoms with Crippen molar-refractivity contribution in [3.05, 3.63) is 53.6 Å². The Labute approximate surface area is 181 Å². The number of benzene rings is 2. The molecule has 1 fully saturated rings. The Morgan fingerprint density at radius 2 is 2.06 bits per heavy atom. The number of carbonyl (C=O) groups excluding carboxylic acids is 3. The van der Waals surface area contributed by atoms with E-state index in [1.165, 1.54) is 0 Å². The summed E-state index contributed by atoms with van der Waals surface area (Å²) in [6.07, 6.45) is 2.76. The minimum absolute atomic E-state index is 0.0464. The summed E-state index contributed by atoms with van der Waals surface area (Å²) in [4.78, 5) is 39.2. The Kier molecular flexibility index (Phi) is 5.93. The molecule has 0 bridgehead atoms. The third-order valence-electron chi connectivity index (χ3n) is 6.07. The van der Waals surface area contributed by atoms with E-state index >= 15 is 0 Å². The summed E-state index contributed by atoms with van der Waals surface area (Å²) in [7, 11) is 0. The predicted molar refractivity (Wildman–Crippen MR) is 119 cm³/mol. The third-order valence-corrected chi connectivity index (χ3v) is 6.07. The van der Waals surface area contributed by atoms with Gasteiger partial charge in [0.05, 0.1) is 16.9 Å². The molecule has 2 aromatic rings. The van der Waals surface area contributed by atoms with Gasteiger partial charge >= 0.3 is 5.97 Å². The fourth-order valence-corrected chi connectivity index (χ4v) is 4.22. The molecule has 4 rings (SSSR count). The Morgan fingerprint density at radius 3 is 2.87 bits per heavy atom. The first-order valence-electron chi connectivity index (χ1n) is 10.8. The van der Waals surface area contributed by atoms with Gasteiger partial charge in [0.2, 0.25) is 5.91 Å². The van der Waals surface area contributed by atoms with Crippen LogP contribution in [0, 0.1) is 0 Å². The molecule has 2 atom stereocenters. The van der Waals surface area contributed by atoms with Crippen molar-refractivity contribution in [3.63, 3.8) is 0 Å². The second kappa shape index (κ2) is 8.79. The summed E-state index contributed by atoms with van der Waals surface area (Å²) in [6, 6.07) is 12.6. The molecule has 0 radical (unpaired) electrons. The van der Waals surface area contributed by atoms with Crippen LogP contribution in [0.2, 0.25) is 0 Å². The maximum atomic E-state index is 12.5. The number of anilines is 3. The first kappa shape index (κ1) is 20.9. The zero-order valence-electron chi connectivity index (χ0n) is 17.8. The van der Waals surface area contributed by atoms with E-state index in [9.17, 15) is 14.4 Å². The van der Waals surface area contributed by atoms with Gasteiger partial charge in [0.1, 0.15) is 6.04 Å². The molecule has 2 aliphatic rings. The quantitative estimate of drug-likeness (QED) is 0.691. The topological polar surface area (TPSA) is 87.7 Å². The van der Waals surface area contributed by atoms with Crippen LogP contribution in [0.25, 0.3) is 0 Å². The molecule has 1 saturated heterocycles. The van der Waals surface area contributed by atoms with Gasteiger partial charge in [-0.2, -0.15) is 0 Å². The van der Waals surface area contributed by atoms with E-state index in [1.807, 2.05) is 30.3 Å². The number of amides is 2. The van der Waals surface area contributed by atoms with Crippen LogP contribution in [-0.4, -0.2) is 37.0 Å². The van der Waals surface area contributed by atoms with Crippen LogP contribution in [0.5, 0.6) is 0 Å². The lowest BCUT2D eigenvalue weighted by atomic mass is 9.97. The smallest absolute Gasteiger partial charge is 0.338 e. The van der Waals surface area contributed by atoms with Crippen LogP contribution in [-0.2, 0) is 14.3 Å². The largest absolute Gasteiger partial charge is 0.452 e. The standard InChI is InChI=1S/C24H27N3O4/c1-3-15(2)17-7-4-5-8-18(17)25-22(28)14-31-24(30)16-10-11-20-19(13-16)26-23(29)21-9-6-12-27(20)21/h4-5,7-8,10-11,13,15,21H,3,6,9,12,14H2,1-2H3,(H,25,28)(H,26,29)/t15-,21+/m0/s1. The molecule has 0 aliphatic carbocycles. The molecule has 2 heterocycles. The summed E-state index contributed by atoms with van der Waals surface area (Å²) >= 11 is 0.